The summed E-state index contributed by atoms with van der Waals surface area (Å²) in [5.41, 5.74) is 3.35. The molecule has 0 unspecified atom stereocenters. The molecule has 0 amide bonds. The topological polar surface area (TPSA) is 121 Å². The Labute approximate surface area is 171 Å². The molecule has 0 aliphatic carbocycles. The van der Waals surface area contributed by atoms with E-state index >= 15 is 0 Å². The van der Waals surface area contributed by atoms with Crippen LogP contribution in [0.1, 0.15) is 16.7 Å². The van der Waals surface area contributed by atoms with Gasteiger partial charge in [-0.2, -0.15) is 15.6 Å². The minimum Gasteiger partial charge on any atom is -0.376 e. The fourth-order valence-corrected chi connectivity index (χ4v) is 2.87. The van der Waals surface area contributed by atoms with Gasteiger partial charge in [-0.3, -0.25) is 9.78 Å². The molecule has 0 saturated heterocycles. The lowest BCUT2D eigenvalue weighted by molar-refractivity contribution is 0.625. The minimum atomic E-state index is -0.629. The molecule has 0 atom stereocenters. The summed E-state index contributed by atoms with van der Waals surface area (Å²) in [5.74, 6) is -0.577. The van der Waals surface area contributed by atoms with Crippen molar-refractivity contribution in [2.45, 2.75) is 0 Å². The predicted octanol–water partition coefficient (Wildman–Crippen LogP) is 2.83. The van der Waals surface area contributed by atoms with Gasteiger partial charge in [0, 0.05) is 19.7 Å². The molecular weight excluding hydrogens is 385 g/mol. The fourth-order valence-electron chi connectivity index (χ4n) is 2.87. The number of anilines is 2. The van der Waals surface area contributed by atoms with E-state index in [1.807, 2.05) is 12.1 Å². The van der Waals surface area contributed by atoms with Crippen LogP contribution in [0, 0.1) is 28.5 Å². The molecule has 148 valence electrons. The second-order valence-electron chi connectivity index (χ2n) is 6.35. The summed E-state index contributed by atoms with van der Waals surface area (Å²) in [4.78, 5) is 20.6. The lowest BCUT2D eigenvalue weighted by Gasteiger charge is -2.17. The van der Waals surface area contributed by atoms with Gasteiger partial charge in [0.05, 0.1) is 28.7 Å². The number of hydrogen-bond donors (Lipinski definition) is 2. The molecular formula is C21H16FN7O. The molecule has 2 aromatic carbocycles. The molecule has 1 heterocycles. The zero-order valence-corrected chi connectivity index (χ0v) is 16.1. The van der Waals surface area contributed by atoms with E-state index in [0.717, 1.165) is 0 Å². The molecule has 1 aromatic heterocycles. The Balaban J connectivity index is 1.99. The van der Waals surface area contributed by atoms with E-state index in [2.05, 4.69) is 20.5 Å². The van der Waals surface area contributed by atoms with Crippen molar-refractivity contribution < 1.29 is 4.39 Å². The molecule has 0 spiro atoms. The first kappa shape index (κ1) is 20.2. The maximum absolute atomic E-state index is 14.3. The lowest BCUT2D eigenvalue weighted by Crippen LogP contribution is -2.16. The summed E-state index contributed by atoms with van der Waals surface area (Å²) < 4.78 is 14.3. The van der Waals surface area contributed by atoms with Crippen LogP contribution in [0.15, 0.2) is 52.4 Å². The molecule has 3 rings (SSSR count). The fraction of sp³-hybridized carbons (Fsp3) is 0.0952. The molecule has 0 aliphatic heterocycles. The second kappa shape index (κ2) is 8.67. The van der Waals surface area contributed by atoms with Crippen molar-refractivity contribution in [1.82, 2.24) is 9.97 Å². The first-order valence-electron chi connectivity index (χ1n) is 8.75. The van der Waals surface area contributed by atoms with Crippen LogP contribution < -0.4 is 15.9 Å². The Morgan fingerprint density at radius 2 is 1.90 bits per heavy atom. The van der Waals surface area contributed by atoms with Crippen molar-refractivity contribution in [1.29, 1.82) is 10.5 Å². The van der Waals surface area contributed by atoms with Gasteiger partial charge in [0.15, 0.2) is 0 Å². The maximum Gasteiger partial charge on any atom is 0.270 e. The van der Waals surface area contributed by atoms with Gasteiger partial charge in [-0.1, -0.05) is 30.3 Å². The summed E-state index contributed by atoms with van der Waals surface area (Å²) in [6, 6.07) is 15.2. The molecule has 0 aliphatic rings. The smallest absolute Gasteiger partial charge is 0.270 e. The van der Waals surface area contributed by atoms with Crippen molar-refractivity contribution >= 4 is 17.9 Å². The highest BCUT2D eigenvalue weighted by Crippen LogP contribution is 2.25. The summed E-state index contributed by atoms with van der Waals surface area (Å²) in [6.07, 6.45) is 1.20. The van der Waals surface area contributed by atoms with Crippen LogP contribution in [0.2, 0.25) is 0 Å². The average molecular weight is 401 g/mol. The van der Waals surface area contributed by atoms with Gasteiger partial charge in [0.2, 0.25) is 5.95 Å². The third kappa shape index (κ3) is 4.01. The summed E-state index contributed by atoms with van der Waals surface area (Å²) in [5, 5.41) is 22.5. The number of benzene rings is 2. The zero-order valence-electron chi connectivity index (χ0n) is 16.1. The Morgan fingerprint density at radius 3 is 2.53 bits per heavy atom. The van der Waals surface area contributed by atoms with Gasteiger partial charge < -0.3 is 4.90 Å². The minimum absolute atomic E-state index is 0.0163. The normalized spacial score (nSPS) is 10.4. The SMILES string of the molecule is CN(C)c1c(C#N)ccc(F)c1C=NNc1nc(-c2ccccc2)c(C#N)c(=O)[nH]1. The maximum atomic E-state index is 14.3. The number of aromatic amines is 1. The van der Waals surface area contributed by atoms with Gasteiger partial charge in [-0.05, 0) is 12.1 Å². The highest BCUT2D eigenvalue weighted by Gasteiger charge is 2.15. The van der Waals surface area contributed by atoms with E-state index in [4.69, 9.17) is 0 Å². The number of nitriles is 2. The molecule has 0 fully saturated rings. The van der Waals surface area contributed by atoms with E-state index in [-0.39, 0.29) is 22.8 Å². The Hall–Kier alpha value is -4.50. The second-order valence-corrected chi connectivity index (χ2v) is 6.35. The number of hydrogen-bond acceptors (Lipinski definition) is 7. The van der Waals surface area contributed by atoms with E-state index in [0.29, 0.717) is 16.8 Å². The third-order valence-electron chi connectivity index (χ3n) is 4.17. The number of halogens is 1. The number of aromatic nitrogens is 2. The molecule has 0 saturated carbocycles. The van der Waals surface area contributed by atoms with E-state index < -0.39 is 11.4 Å². The van der Waals surface area contributed by atoms with E-state index in [9.17, 15) is 19.7 Å². The van der Waals surface area contributed by atoms with Crippen LogP contribution >= 0.6 is 0 Å². The highest BCUT2D eigenvalue weighted by atomic mass is 19.1. The van der Waals surface area contributed by atoms with Gasteiger partial charge in [-0.25, -0.2) is 14.8 Å². The number of nitrogens with zero attached hydrogens (tertiary/aromatic N) is 5. The van der Waals surface area contributed by atoms with Crippen molar-refractivity contribution in [3.8, 4) is 23.4 Å². The molecule has 8 nitrogen and oxygen atoms in total. The van der Waals surface area contributed by atoms with Crippen molar-refractivity contribution in [3.05, 3.63) is 75.3 Å². The lowest BCUT2D eigenvalue weighted by atomic mass is 10.1. The van der Waals surface area contributed by atoms with Crippen LogP contribution in [-0.4, -0.2) is 30.3 Å². The van der Waals surface area contributed by atoms with Gasteiger partial charge in [-0.15, -0.1) is 0 Å². The molecule has 2 N–H and O–H groups in total. The van der Waals surface area contributed by atoms with Crippen LogP contribution in [-0.2, 0) is 0 Å². The van der Waals surface area contributed by atoms with E-state index in [1.54, 1.807) is 49.3 Å². The molecule has 0 bridgehead atoms. The van der Waals surface area contributed by atoms with Crippen molar-refractivity contribution in [3.63, 3.8) is 0 Å². The summed E-state index contributed by atoms with van der Waals surface area (Å²) in [6.45, 7) is 0. The molecule has 30 heavy (non-hydrogen) atoms. The van der Waals surface area contributed by atoms with Gasteiger partial charge in [0.1, 0.15) is 23.5 Å². The molecule has 3 aromatic rings. The first-order valence-corrected chi connectivity index (χ1v) is 8.75. The quantitative estimate of drug-likeness (QED) is 0.501. The Bertz CT molecular complexity index is 1250. The number of hydrazone groups is 1. The van der Waals surface area contributed by atoms with Gasteiger partial charge in [0.25, 0.3) is 5.56 Å². The highest BCUT2D eigenvalue weighted by molar-refractivity contribution is 5.90. The van der Waals surface area contributed by atoms with Crippen molar-refractivity contribution in [2.24, 2.45) is 5.10 Å². The monoisotopic (exact) mass is 401 g/mol. The first-order chi connectivity index (χ1) is 14.5. The van der Waals surface area contributed by atoms with Crippen LogP contribution in [0.25, 0.3) is 11.3 Å². The van der Waals surface area contributed by atoms with Crippen molar-refractivity contribution in [2.75, 3.05) is 24.4 Å². The average Bonchev–Trinajstić information content (AvgIpc) is 2.74. The number of rotatable bonds is 5. The Kier molecular flexibility index (Phi) is 5.85. The zero-order chi connectivity index (χ0) is 21.7. The summed E-state index contributed by atoms with van der Waals surface area (Å²) in [7, 11) is 3.37. The van der Waals surface area contributed by atoms with Crippen LogP contribution in [0.4, 0.5) is 16.0 Å². The molecule has 9 heteroatoms. The van der Waals surface area contributed by atoms with Crippen LogP contribution in [0.5, 0.6) is 0 Å². The number of nitrogens with one attached hydrogen (secondary N) is 2. The largest absolute Gasteiger partial charge is 0.376 e. The number of H-pyrrole nitrogens is 1. The van der Waals surface area contributed by atoms with Gasteiger partial charge >= 0.3 is 0 Å². The summed E-state index contributed by atoms with van der Waals surface area (Å²) >= 11 is 0. The van der Waals surface area contributed by atoms with E-state index in [1.165, 1.54) is 18.3 Å². The van der Waals surface area contributed by atoms with Crippen LogP contribution in [0.3, 0.4) is 0 Å². The molecule has 0 radical (unpaired) electrons. The standard InChI is InChI=1S/C21H16FN7O/c1-29(2)19-14(10-23)8-9-17(22)16(19)12-25-28-21-26-18(13-6-4-3-5-7-13)15(11-24)20(30)27-21/h3-9,12H,1-2H3,(H2,26,27,28,30). The Morgan fingerprint density at radius 1 is 1.17 bits per heavy atom. The third-order valence-corrected chi connectivity index (χ3v) is 4.17. The predicted molar refractivity (Wildman–Crippen MR) is 112 cm³/mol.